The Morgan fingerprint density at radius 1 is 0.636 bits per heavy atom. The van der Waals surface area contributed by atoms with Gasteiger partial charge in [-0.15, -0.1) is 36.4 Å². The molecule has 0 saturated heterocycles. The van der Waals surface area contributed by atoms with E-state index < -0.39 is 8.07 Å². The quantitative estimate of drug-likeness (QED) is 0.118. The number of rotatable bonds is 7. The first-order chi connectivity index (χ1) is 26.1. The van der Waals surface area contributed by atoms with Gasteiger partial charge in [0.1, 0.15) is 17.0 Å². The number of pyridine rings is 2. The second-order valence-corrected chi connectivity index (χ2v) is 20.4. The molecule has 4 aromatic heterocycles. The zero-order valence-corrected chi connectivity index (χ0v) is 34.9. The average Bonchev–Trinajstić information content (AvgIpc) is 3.73. The number of hydrogen-bond donors (Lipinski definition) is 0. The molecule has 0 fully saturated rings. The molecule has 4 nitrogen and oxygen atoms in total. The molecule has 0 amide bonds. The van der Waals surface area contributed by atoms with Crippen LogP contribution in [0.25, 0.3) is 66.4 Å². The SMILES string of the molecule is CC(C)Cc1ccnc(-c2[c-]ccc3c2oc2ccc(Cc4ccccc4)cc23)c1.C[Si](C)(C)c1ccc(-c2[c-]ccc3c2oc2cc(F)ccc23)nc1.[Ir]. The fraction of sp³-hybridized carbons (Fsp3) is 0.167. The van der Waals surface area contributed by atoms with Crippen molar-refractivity contribution in [2.24, 2.45) is 5.92 Å². The number of nitrogens with zero attached hydrogens (tertiary/aromatic N) is 2. The largest absolute Gasteiger partial charge is 0.501 e. The predicted octanol–water partition coefficient (Wildman–Crippen LogP) is 12.4. The summed E-state index contributed by atoms with van der Waals surface area (Å²) in [4.78, 5) is 9.24. The molecule has 5 aromatic carbocycles. The van der Waals surface area contributed by atoms with Crippen molar-refractivity contribution in [1.82, 2.24) is 9.97 Å². The molecular weight excluding hydrogens is 876 g/mol. The Kier molecular flexibility index (Phi) is 11.0. The van der Waals surface area contributed by atoms with E-state index in [2.05, 4.69) is 128 Å². The first kappa shape index (κ1) is 38.1. The molecule has 0 N–H and O–H groups in total. The van der Waals surface area contributed by atoms with Crippen LogP contribution >= 0.6 is 0 Å². The predicted molar refractivity (Wildman–Crippen MR) is 222 cm³/mol. The second kappa shape index (κ2) is 15.9. The molecule has 0 spiro atoms. The van der Waals surface area contributed by atoms with Gasteiger partial charge in [0.05, 0.1) is 19.2 Å². The number of hydrogen-bond acceptors (Lipinski definition) is 4. The topological polar surface area (TPSA) is 52.1 Å². The minimum Gasteiger partial charge on any atom is -0.501 e. The standard InChI is InChI=1S/C28H24NO.C20H17FNOSi.Ir/c1-19(2)15-22-13-14-29-26(18-22)24-10-6-9-23-25-17-21(11-12-27(25)30-28(23)24)16-20-7-4-3-5-8-20;1-24(2,3)14-8-10-18(22-12-14)17-6-4-5-16-15-9-7-13(21)11-19(15)23-20(16)17;/h3-9,11-14,17-19H,15-16H2,1-2H3;4-5,7-12H,1-3H3;/q2*-1;. The molecular formula is C48H41FIrN2O2Si-2. The van der Waals surface area contributed by atoms with Crippen LogP contribution < -0.4 is 5.19 Å². The van der Waals surface area contributed by atoms with Crippen molar-refractivity contribution < 1.29 is 33.3 Å². The van der Waals surface area contributed by atoms with Gasteiger partial charge in [-0.25, -0.2) is 4.39 Å². The van der Waals surface area contributed by atoms with Gasteiger partial charge in [-0.2, -0.15) is 0 Å². The number of halogens is 1. The van der Waals surface area contributed by atoms with Crippen molar-refractivity contribution >= 4 is 57.1 Å². The summed E-state index contributed by atoms with van der Waals surface area (Å²) in [5.74, 6) is 0.305. The Hall–Kier alpha value is -5.20. The molecule has 7 heteroatoms. The van der Waals surface area contributed by atoms with Crippen molar-refractivity contribution in [1.29, 1.82) is 0 Å². The summed E-state index contributed by atoms with van der Waals surface area (Å²) in [6.45, 7) is 11.4. The van der Waals surface area contributed by atoms with E-state index in [0.29, 0.717) is 17.1 Å². The van der Waals surface area contributed by atoms with Crippen LogP contribution in [0.5, 0.6) is 0 Å². The third-order valence-corrected chi connectivity index (χ3v) is 11.8. The van der Waals surface area contributed by atoms with E-state index in [9.17, 15) is 4.39 Å². The molecule has 4 heterocycles. The van der Waals surface area contributed by atoms with Gasteiger partial charge in [-0.05, 0) is 76.8 Å². The second-order valence-electron chi connectivity index (χ2n) is 15.4. The molecule has 9 rings (SSSR count). The smallest absolute Gasteiger partial charge is 0.126 e. The van der Waals surface area contributed by atoms with Crippen LogP contribution in [-0.2, 0) is 32.9 Å². The summed E-state index contributed by atoms with van der Waals surface area (Å²) >= 11 is 0. The molecule has 0 aliphatic heterocycles. The van der Waals surface area contributed by atoms with Crippen LogP contribution in [0.15, 0.2) is 136 Å². The third-order valence-electron chi connectivity index (χ3n) is 9.75. The van der Waals surface area contributed by atoms with E-state index in [4.69, 9.17) is 8.83 Å². The van der Waals surface area contributed by atoms with Gasteiger partial charge in [0.25, 0.3) is 0 Å². The molecule has 0 aliphatic rings. The van der Waals surface area contributed by atoms with E-state index in [1.165, 1.54) is 34.0 Å². The molecule has 0 aliphatic carbocycles. The Bertz CT molecular complexity index is 2750. The van der Waals surface area contributed by atoms with E-state index in [1.807, 2.05) is 36.7 Å². The van der Waals surface area contributed by atoms with Crippen molar-refractivity contribution in [3.63, 3.8) is 0 Å². The average molecular weight is 917 g/mol. The maximum absolute atomic E-state index is 13.5. The summed E-state index contributed by atoms with van der Waals surface area (Å²) < 4.78 is 25.7. The van der Waals surface area contributed by atoms with Gasteiger partial charge in [0.2, 0.25) is 0 Å². The summed E-state index contributed by atoms with van der Waals surface area (Å²) in [6, 6.07) is 44.6. The van der Waals surface area contributed by atoms with E-state index >= 15 is 0 Å². The molecule has 0 saturated carbocycles. The zero-order valence-electron chi connectivity index (χ0n) is 31.5. The number of fused-ring (bicyclic) bond motifs is 6. The molecule has 0 unspecified atom stereocenters. The molecule has 55 heavy (non-hydrogen) atoms. The van der Waals surface area contributed by atoms with E-state index in [0.717, 1.165) is 68.1 Å². The van der Waals surface area contributed by atoms with Gasteiger partial charge in [-0.1, -0.05) is 116 Å². The molecule has 277 valence electrons. The fourth-order valence-corrected chi connectivity index (χ4v) is 8.06. The maximum atomic E-state index is 13.5. The van der Waals surface area contributed by atoms with Crippen LogP contribution in [0.1, 0.15) is 30.5 Å². The summed E-state index contributed by atoms with van der Waals surface area (Å²) in [6.07, 6.45) is 5.79. The number of furan rings is 2. The number of aromatic nitrogens is 2. The minimum absolute atomic E-state index is 0. The Morgan fingerprint density at radius 2 is 1.35 bits per heavy atom. The number of benzene rings is 5. The van der Waals surface area contributed by atoms with Gasteiger partial charge in [0, 0.05) is 49.3 Å². The molecule has 9 aromatic rings. The van der Waals surface area contributed by atoms with Crippen molar-refractivity contribution in [3.8, 4) is 22.5 Å². The Morgan fingerprint density at radius 3 is 2.04 bits per heavy atom. The van der Waals surface area contributed by atoms with Crippen LogP contribution in [-0.4, -0.2) is 18.0 Å². The molecule has 0 atom stereocenters. The van der Waals surface area contributed by atoms with Gasteiger partial charge >= 0.3 is 0 Å². The normalized spacial score (nSPS) is 11.6. The first-order valence-electron chi connectivity index (χ1n) is 18.4. The van der Waals surface area contributed by atoms with Gasteiger partial charge in [-0.3, -0.25) is 0 Å². The molecule has 1 radical (unpaired) electrons. The Labute approximate surface area is 335 Å². The van der Waals surface area contributed by atoms with Gasteiger partial charge < -0.3 is 18.8 Å². The zero-order chi connectivity index (χ0) is 37.4. The van der Waals surface area contributed by atoms with Crippen LogP contribution in [0.2, 0.25) is 19.6 Å². The van der Waals surface area contributed by atoms with Crippen molar-refractivity contribution in [3.05, 3.63) is 162 Å². The van der Waals surface area contributed by atoms with Crippen LogP contribution in [0.4, 0.5) is 4.39 Å². The first-order valence-corrected chi connectivity index (χ1v) is 21.9. The van der Waals surface area contributed by atoms with E-state index in [-0.39, 0.29) is 25.9 Å². The third kappa shape index (κ3) is 8.11. The fourth-order valence-electron chi connectivity index (χ4n) is 7.02. The van der Waals surface area contributed by atoms with Crippen molar-refractivity contribution in [2.45, 2.75) is 46.3 Å². The Balaban J connectivity index is 0.000000170. The summed E-state index contributed by atoms with van der Waals surface area (Å²) in [5.41, 5.74) is 10.4. The minimum atomic E-state index is -1.38. The van der Waals surface area contributed by atoms with Crippen LogP contribution in [0, 0.1) is 23.9 Å². The van der Waals surface area contributed by atoms with E-state index in [1.54, 1.807) is 6.07 Å². The van der Waals surface area contributed by atoms with Crippen LogP contribution in [0.3, 0.4) is 0 Å². The summed E-state index contributed by atoms with van der Waals surface area (Å²) in [7, 11) is -1.38. The monoisotopic (exact) mass is 917 g/mol. The maximum Gasteiger partial charge on any atom is 0.126 e. The van der Waals surface area contributed by atoms with Crippen molar-refractivity contribution in [2.75, 3.05) is 0 Å². The summed E-state index contributed by atoms with van der Waals surface area (Å²) in [5, 5.41) is 5.43. The molecule has 0 bridgehead atoms. The van der Waals surface area contributed by atoms with Gasteiger partial charge in [0.15, 0.2) is 0 Å².